The average molecular weight is 560 g/mol. The van der Waals surface area contributed by atoms with Gasteiger partial charge in [-0.2, -0.15) is 0 Å². The molecule has 1 aliphatic heterocycles. The molecule has 0 bridgehead atoms. The summed E-state index contributed by atoms with van der Waals surface area (Å²) in [4.78, 5) is 25.4. The van der Waals surface area contributed by atoms with Gasteiger partial charge in [-0.05, 0) is 36.4 Å². The van der Waals surface area contributed by atoms with Crippen molar-refractivity contribution in [1.29, 1.82) is 0 Å². The van der Waals surface area contributed by atoms with Crippen LogP contribution in [0.5, 0.6) is 40.2 Å². The summed E-state index contributed by atoms with van der Waals surface area (Å²) in [6.07, 6.45) is -9.24. The number of hydrogen-bond acceptors (Lipinski definition) is 14. The number of esters is 1. The van der Waals surface area contributed by atoms with E-state index in [0.29, 0.717) is 6.07 Å². The first-order valence-electron chi connectivity index (χ1n) is 11.5. The molecule has 1 aliphatic rings. The number of ketones is 1. The quantitative estimate of drug-likeness (QED) is 0.110. The van der Waals surface area contributed by atoms with Crippen LogP contribution in [0, 0.1) is 0 Å². The van der Waals surface area contributed by atoms with Gasteiger partial charge in [0.15, 0.2) is 17.2 Å². The van der Waals surface area contributed by atoms with E-state index in [4.69, 9.17) is 9.47 Å². The van der Waals surface area contributed by atoms with Crippen molar-refractivity contribution in [3.8, 4) is 40.2 Å². The molecule has 0 aromatic heterocycles. The Morgan fingerprint density at radius 2 is 1.30 bits per heavy atom. The highest BCUT2D eigenvalue weighted by atomic mass is 16.6. The molecule has 0 radical (unpaired) electrons. The molecule has 4 rings (SSSR count). The van der Waals surface area contributed by atoms with Crippen LogP contribution in [0.1, 0.15) is 37.9 Å². The summed E-state index contributed by atoms with van der Waals surface area (Å²) < 4.78 is 10.6. The second-order valence-corrected chi connectivity index (χ2v) is 8.96. The van der Waals surface area contributed by atoms with Crippen molar-refractivity contribution >= 4 is 11.8 Å². The third kappa shape index (κ3) is 5.11. The van der Waals surface area contributed by atoms with Crippen molar-refractivity contribution in [2.75, 3.05) is 6.61 Å². The van der Waals surface area contributed by atoms with Crippen LogP contribution in [-0.4, -0.2) is 93.8 Å². The molecule has 0 unspecified atom stereocenters. The molecule has 212 valence electrons. The first-order chi connectivity index (χ1) is 18.8. The number of hydrogen-bond donors (Lipinski definition) is 10. The van der Waals surface area contributed by atoms with Gasteiger partial charge in [0.1, 0.15) is 65.7 Å². The van der Waals surface area contributed by atoms with E-state index in [9.17, 15) is 60.7 Å². The molecular weight excluding hydrogens is 536 g/mol. The highest BCUT2D eigenvalue weighted by Crippen LogP contribution is 2.46. The number of benzene rings is 3. The molecule has 3 aromatic rings. The normalized spacial score (nSPS) is 22.5. The summed E-state index contributed by atoms with van der Waals surface area (Å²) in [6.45, 7) is -0.790. The van der Waals surface area contributed by atoms with E-state index in [1.807, 2.05) is 0 Å². The van der Waals surface area contributed by atoms with Crippen LogP contribution in [0.2, 0.25) is 0 Å². The van der Waals surface area contributed by atoms with Crippen molar-refractivity contribution in [2.24, 2.45) is 0 Å². The molecule has 1 heterocycles. The van der Waals surface area contributed by atoms with Crippen molar-refractivity contribution < 1.29 is 70.1 Å². The summed E-state index contributed by atoms with van der Waals surface area (Å²) in [6, 6.07) is 7.03. The molecule has 40 heavy (non-hydrogen) atoms. The van der Waals surface area contributed by atoms with E-state index in [-0.39, 0.29) is 11.3 Å². The second-order valence-electron chi connectivity index (χ2n) is 8.96. The molecule has 0 aliphatic carbocycles. The Morgan fingerprint density at radius 3 is 1.90 bits per heavy atom. The molecule has 0 saturated carbocycles. The predicted octanol–water partition coefficient (Wildman–Crippen LogP) is 0.236. The number of aliphatic hydroxyl groups is 3. The lowest BCUT2D eigenvalue weighted by Gasteiger charge is -2.40. The molecule has 3 aromatic carbocycles. The van der Waals surface area contributed by atoms with Crippen molar-refractivity contribution in [1.82, 2.24) is 0 Å². The Hall–Kier alpha value is -4.76. The number of carbonyl (C=O) groups excluding carboxylic acids is 2. The fourth-order valence-electron chi connectivity index (χ4n) is 4.21. The molecule has 14 heteroatoms. The minimum Gasteiger partial charge on any atom is -0.508 e. The Kier molecular flexibility index (Phi) is 7.61. The van der Waals surface area contributed by atoms with Gasteiger partial charge in [-0.3, -0.25) is 4.79 Å². The Labute approximate surface area is 224 Å². The number of carbonyl (C=O) groups is 2. The fourth-order valence-corrected chi connectivity index (χ4v) is 4.21. The number of phenols is 7. The second kappa shape index (κ2) is 10.8. The summed E-state index contributed by atoms with van der Waals surface area (Å²) in [7, 11) is 0. The number of aliphatic hydroxyl groups excluding tert-OH is 3. The van der Waals surface area contributed by atoms with Crippen LogP contribution in [0.3, 0.4) is 0 Å². The molecule has 1 saturated heterocycles. The summed E-state index contributed by atoms with van der Waals surface area (Å²) in [5, 5.41) is 101. The lowest BCUT2D eigenvalue weighted by atomic mass is 9.88. The van der Waals surface area contributed by atoms with E-state index in [2.05, 4.69) is 0 Å². The molecule has 1 fully saturated rings. The molecule has 10 N–H and O–H groups in total. The third-order valence-corrected chi connectivity index (χ3v) is 6.33. The average Bonchev–Trinajstić information content (AvgIpc) is 2.90. The number of phenolic OH excluding ortho intramolecular Hbond substituents is 7. The van der Waals surface area contributed by atoms with E-state index in [0.717, 1.165) is 12.1 Å². The smallest absolute Gasteiger partial charge is 0.338 e. The first kappa shape index (κ1) is 28.3. The highest BCUT2D eigenvalue weighted by Gasteiger charge is 2.47. The van der Waals surface area contributed by atoms with Gasteiger partial charge in [0.2, 0.25) is 5.78 Å². The van der Waals surface area contributed by atoms with Gasteiger partial charge in [-0.15, -0.1) is 0 Å². The van der Waals surface area contributed by atoms with Gasteiger partial charge in [0.25, 0.3) is 0 Å². The topological polar surface area (TPSA) is 255 Å². The first-order valence-corrected chi connectivity index (χ1v) is 11.5. The molecule has 0 amide bonds. The van der Waals surface area contributed by atoms with Gasteiger partial charge in [0.05, 0.1) is 11.1 Å². The fraction of sp³-hybridized carbons (Fsp3) is 0.231. The predicted molar refractivity (Wildman–Crippen MR) is 130 cm³/mol. The van der Waals surface area contributed by atoms with Crippen LogP contribution in [0.15, 0.2) is 42.5 Å². The van der Waals surface area contributed by atoms with Crippen LogP contribution in [0.25, 0.3) is 0 Å². The van der Waals surface area contributed by atoms with E-state index < -0.39 is 100 Å². The maximum atomic E-state index is 13.0. The summed E-state index contributed by atoms with van der Waals surface area (Å²) >= 11 is 0. The Morgan fingerprint density at radius 1 is 0.700 bits per heavy atom. The third-order valence-electron chi connectivity index (χ3n) is 6.33. The zero-order chi connectivity index (χ0) is 29.5. The van der Waals surface area contributed by atoms with Gasteiger partial charge >= 0.3 is 5.97 Å². The minimum atomic E-state index is -1.99. The van der Waals surface area contributed by atoms with Crippen LogP contribution in [-0.2, 0) is 9.47 Å². The van der Waals surface area contributed by atoms with Crippen molar-refractivity contribution in [2.45, 2.75) is 30.5 Å². The molecular formula is C26H24O14. The van der Waals surface area contributed by atoms with E-state index in [1.165, 1.54) is 24.3 Å². The minimum absolute atomic E-state index is 0.0725. The summed E-state index contributed by atoms with van der Waals surface area (Å²) in [5.74, 6) is -7.49. The van der Waals surface area contributed by atoms with Crippen molar-refractivity contribution in [3.63, 3.8) is 0 Å². The van der Waals surface area contributed by atoms with Gasteiger partial charge in [-0.1, -0.05) is 0 Å². The van der Waals surface area contributed by atoms with Crippen LogP contribution < -0.4 is 0 Å². The SMILES string of the molecule is O=C(OC[C@H]1O[C@@H](c2c(O)cc(O)c(C(=O)c3ccc(O)cc3)c2O)[C@H](O)[C@@H](O)[C@@H]1O)c1cc(O)c(O)c(O)c1. The lowest BCUT2D eigenvalue weighted by Crippen LogP contribution is -2.55. The zero-order valence-corrected chi connectivity index (χ0v) is 20.2. The highest BCUT2D eigenvalue weighted by molar-refractivity contribution is 6.13. The maximum Gasteiger partial charge on any atom is 0.338 e. The Bertz CT molecular complexity index is 1430. The molecule has 14 nitrogen and oxygen atoms in total. The number of ether oxygens (including phenoxy) is 2. The Balaban J connectivity index is 1.63. The van der Waals surface area contributed by atoms with Crippen LogP contribution in [0.4, 0.5) is 0 Å². The summed E-state index contributed by atoms with van der Waals surface area (Å²) in [5.41, 5.74) is -1.81. The van der Waals surface area contributed by atoms with E-state index in [1.54, 1.807) is 0 Å². The standard InChI is InChI=1S/C26H24O14/c27-11-3-1-9(2-4-11)19(32)17-12(28)7-13(29)18(22(17)35)25-24(37)23(36)21(34)16(40-25)8-39-26(38)10-5-14(30)20(33)15(31)6-10/h1-7,16,21,23-25,27-31,33-37H,8H2/t16-,21-,23+,24-,25+/m1/s1. The monoisotopic (exact) mass is 560 g/mol. The number of aromatic hydroxyl groups is 7. The van der Waals surface area contributed by atoms with Gasteiger partial charge < -0.3 is 60.5 Å². The molecule has 0 spiro atoms. The van der Waals surface area contributed by atoms with E-state index >= 15 is 0 Å². The van der Waals surface area contributed by atoms with Crippen LogP contribution >= 0.6 is 0 Å². The van der Waals surface area contributed by atoms with Gasteiger partial charge in [-0.25, -0.2) is 4.79 Å². The lowest BCUT2D eigenvalue weighted by molar-refractivity contribution is -0.232. The van der Waals surface area contributed by atoms with Gasteiger partial charge in [0, 0.05) is 11.6 Å². The van der Waals surface area contributed by atoms with Crippen molar-refractivity contribution in [3.05, 3.63) is 64.7 Å². The largest absolute Gasteiger partial charge is 0.508 e. The maximum absolute atomic E-state index is 13.0. The zero-order valence-electron chi connectivity index (χ0n) is 20.2. The number of rotatable bonds is 6. The molecule has 5 atom stereocenters.